The van der Waals surface area contributed by atoms with Gasteiger partial charge < -0.3 is 16.4 Å². The van der Waals surface area contributed by atoms with Crippen LogP contribution in [0.1, 0.15) is 25.7 Å². The fraction of sp³-hybridized carbons (Fsp3) is 0.500. The molecule has 2 amide bonds. The number of benzene rings is 1. The van der Waals surface area contributed by atoms with Gasteiger partial charge in [-0.2, -0.15) is 11.8 Å². The van der Waals surface area contributed by atoms with Gasteiger partial charge in [0.25, 0.3) is 0 Å². The predicted octanol–water partition coefficient (Wildman–Crippen LogP) is 3.06. The molecule has 0 radical (unpaired) electrons. The van der Waals surface area contributed by atoms with Crippen LogP contribution in [-0.4, -0.2) is 23.6 Å². The van der Waals surface area contributed by atoms with E-state index >= 15 is 0 Å². The van der Waals surface area contributed by atoms with Gasteiger partial charge in [-0.05, 0) is 50.1 Å². The average molecular weight is 279 g/mol. The minimum atomic E-state index is -0.141. The van der Waals surface area contributed by atoms with Gasteiger partial charge in [0.05, 0.1) is 0 Å². The summed E-state index contributed by atoms with van der Waals surface area (Å²) in [5, 5.41) is 6.61. The summed E-state index contributed by atoms with van der Waals surface area (Å²) in [5.74, 6) is 0. The van der Waals surface area contributed by atoms with E-state index in [0.717, 1.165) is 23.8 Å². The third kappa shape index (κ3) is 4.35. The van der Waals surface area contributed by atoms with Gasteiger partial charge in [0.2, 0.25) is 0 Å². The first-order valence-electron chi connectivity index (χ1n) is 6.63. The molecule has 0 spiro atoms. The molecule has 1 aromatic carbocycles. The third-order valence-corrected chi connectivity index (χ3v) is 4.63. The molecule has 19 heavy (non-hydrogen) atoms. The van der Waals surface area contributed by atoms with E-state index in [0.29, 0.717) is 11.7 Å². The Balaban J connectivity index is 1.79. The number of amides is 2. The second-order valence-electron chi connectivity index (χ2n) is 4.93. The number of nitrogens with two attached hydrogens (primary N) is 1. The Labute approximate surface area is 118 Å². The summed E-state index contributed by atoms with van der Waals surface area (Å²) in [6.45, 7) is 0. The molecular formula is C14H21N3OS. The van der Waals surface area contributed by atoms with E-state index < -0.39 is 0 Å². The Hall–Kier alpha value is -1.36. The molecule has 1 saturated carbocycles. The highest BCUT2D eigenvalue weighted by Crippen LogP contribution is 2.26. The molecule has 0 heterocycles. The minimum Gasteiger partial charge on any atom is -0.399 e. The number of thioether (sulfide) groups is 1. The van der Waals surface area contributed by atoms with Crippen molar-refractivity contribution in [1.82, 2.24) is 5.32 Å². The molecule has 0 aliphatic heterocycles. The van der Waals surface area contributed by atoms with Crippen LogP contribution in [0.2, 0.25) is 0 Å². The second kappa shape index (κ2) is 6.70. The van der Waals surface area contributed by atoms with Gasteiger partial charge >= 0.3 is 6.03 Å². The molecule has 1 aliphatic rings. The highest BCUT2D eigenvalue weighted by atomic mass is 32.2. The van der Waals surface area contributed by atoms with Crippen LogP contribution in [-0.2, 0) is 0 Å². The molecule has 1 aromatic rings. The largest absolute Gasteiger partial charge is 0.399 e. The number of hydrogen-bond acceptors (Lipinski definition) is 3. The van der Waals surface area contributed by atoms with Crippen LogP contribution in [0.25, 0.3) is 0 Å². The molecule has 1 fully saturated rings. The molecule has 2 rings (SSSR count). The van der Waals surface area contributed by atoms with Crippen LogP contribution in [0.4, 0.5) is 16.2 Å². The Morgan fingerprint density at radius 2 is 2.05 bits per heavy atom. The standard InChI is InChI=1S/C14H21N3OS/c1-19-13-7-5-11(6-8-13)16-14(18)17-12-4-2-3-10(15)9-12/h2-4,9,11,13H,5-8,15H2,1H3,(H2,16,17,18). The van der Waals surface area contributed by atoms with Crippen LogP contribution < -0.4 is 16.4 Å². The minimum absolute atomic E-state index is 0.141. The average Bonchev–Trinajstić information content (AvgIpc) is 2.39. The van der Waals surface area contributed by atoms with E-state index in [1.807, 2.05) is 23.9 Å². The summed E-state index contributed by atoms with van der Waals surface area (Å²) in [6, 6.07) is 7.37. The number of nitrogen functional groups attached to an aromatic ring is 1. The lowest BCUT2D eigenvalue weighted by Gasteiger charge is -2.28. The summed E-state index contributed by atoms with van der Waals surface area (Å²) in [5.41, 5.74) is 7.06. The van der Waals surface area contributed by atoms with E-state index in [9.17, 15) is 4.79 Å². The first-order chi connectivity index (χ1) is 9.17. The monoisotopic (exact) mass is 279 g/mol. The van der Waals surface area contributed by atoms with Gasteiger partial charge in [0.15, 0.2) is 0 Å². The third-order valence-electron chi connectivity index (χ3n) is 3.49. The van der Waals surface area contributed by atoms with Crippen molar-refractivity contribution in [3.05, 3.63) is 24.3 Å². The van der Waals surface area contributed by atoms with Gasteiger partial charge in [0, 0.05) is 22.7 Å². The van der Waals surface area contributed by atoms with E-state index in [-0.39, 0.29) is 6.03 Å². The maximum Gasteiger partial charge on any atom is 0.319 e. The zero-order valence-electron chi connectivity index (χ0n) is 11.2. The van der Waals surface area contributed by atoms with Gasteiger partial charge in [-0.25, -0.2) is 4.79 Å². The normalized spacial score (nSPS) is 22.8. The van der Waals surface area contributed by atoms with Crippen LogP contribution in [0.3, 0.4) is 0 Å². The summed E-state index contributed by atoms with van der Waals surface area (Å²) in [6.07, 6.45) is 6.66. The SMILES string of the molecule is CSC1CCC(NC(=O)Nc2cccc(N)c2)CC1. The summed E-state index contributed by atoms with van der Waals surface area (Å²) in [7, 11) is 0. The Kier molecular flexibility index (Phi) is 4.96. The number of carbonyl (C=O) groups is 1. The molecule has 104 valence electrons. The molecule has 0 aromatic heterocycles. The predicted molar refractivity (Wildman–Crippen MR) is 82.6 cm³/mol. The van der Waals surface area contributed by atoms with E-state index in [1.165, 1.54) is 12.8 Å². The summed E-state index contributed by atoms with van der Waals surface area (Å²) in [4.78, 5) is 11.9. The van der Waals surface area contributed by atoms with Gasteiger partial charge in [-0.3, -0.25) is 0 Å². The number of hydrogen-bond donors (Lipinski definition) is 3. The van der Waals surface area contributed by atoms with E-state index in [2.05, 4.69) is 16.9 Å². The van der Waals surface area contributed by atoms with Gasteiger partial charge in [0.1, 0.15) is 0 Å². The Morgan fingerprint density at radius 3 is 2.68 bits per heavy atom. The van der Waals surface area contributed by atoms with Crippen molar-refractivity contribution < 1.29 is 4.79 Å². The molecule has 0 saturated heterocycles. The smallest absolute Gasteiger partial charge is 0.319 e. The van der Waals surface area contributed by atoms with Crippen LogP contribution >= 0.6 is 11.8 Å². The Morgan fingerprint density at radius 1 is 1.32 bits per heavy atom. The van der Waals surface area contributed by atoms with Crippen LogP contribution in [0, 0.1) is 0 Å². The highest BCUT2D eigenvalue weighted by molar-refractivity contribution is 7.99. The number of urea groups is 1. The summed E-state index contributed by atoms with van der Waals surface area (Å²) >= 11 is 1.93. The Bertz CT molecular complexity index is 430. The molecule has 0 bridgehead atoms. The molecule has 0 unspecified atom stereocenters. The number of nitrogens with one attached hydrogen (secondary N) is 2. The molecular weight excluding hydrogens is 258 g/mol. The lowest BCUT2D eigenvalue weighted by atomic mass is 9.95. The molecule has 5 heteroatoms. The van der Waals surface area contributed by atoms with Crippen molar-refractivity contribution in [3.63, 3.8) is 0 Å². The first-order valence-corrected chi connectivity index (χ1v) is 7.92. The van der Waals surface area contributed by atoms with Crippen molar-refractivity contribution in [2.45, 2.75) is 37.0 Å². The lowest BCUT2D eigenvalue weighted by Crippen LogP contribution is -2.40. The summed E-state index contributed by atoms with van der Waals surface area (Å²) < 4.78 is 0. The fourth-order valence-corrected chi connectivity index (χ4v) is 3.16. The second-order valence-corrected chi connectivity index (χ2v) is 6.07. The van der Waals surface area contributed by atoms with Crippen molar-refractivity contribution in [2.75, 3.05) is 17.3 Å². The molecule has 0 atom stereocenters. The van der Waals surface area contributed by atoms with Crippen LogP contribution in [0.15, 0.2) is 24.3 Å². The van der Waals surface area contributed by atoms with Gasteiger partial charge in [-0.15, -0.1) is 0 Å². The van der Waals surface area contributed by atoms with E-state index in [4.69, 9.17) is 5.73 Å². The van der Waals surface area contributed by atoms with Crippen LogP contribution in [0.5, 0.6) is 0 Å². The van der Waals surface area contributed by atoms with Crippen molar-refractivity contribution in [1.29, 1.82) is 0 Å². The maximum absolute atomic E-state index is 11.9. The zero-order chi connectivity index (χ0) is 13.7. The fourth-order valence-electron chi connectivity index (χ4n) is 2.41. The first kappa shape index (κ1) is 14.1. The molecule has 1 aliphatic carbocycles. The van der Waals surface area contributed by atoms with Gasteiger partial charge in [-0.1, -0.05) is 6.07 Å². The van der Waals surface area contributed by atoms with E-state index in [1.54, 1.807) is 12.1 Å². The van der Waals surface area contributed by atoms with Crippen molar-refractivity contribution in [3.8, 4) is 0 Å². The maximum atomic E-state index is 11.9. The number of anilines is 2. The number of carbonyl (C=O) groups excluding carboxylic acids is 1. The zero-order valence-corrected chi connectivity index (χ0v) is 12.0. The van der Waals surface area contributed by atoms with Crippen molar-refractivity contribution >= 4 is 29.2 Å². The van der Waals surface area contributed by atoms with Crippen molar-refractivity contribution in [2.24, 2.45) is 0 Å². The highest BCUT2D eigenvalue weighted by Gasteiger charge is 2.21. The topological polar surface area (TPSA) is 67.2 Å². The quantitative estimate of drug-likeness (QED) is 0.745. The lowest BCUT2D eigenvalue weighted by molar-refractivity contribution is 0.244. The number of rotatable bonds is 3. The molecule has 4 nitrogen and oxygen atoms in total. The molecule has 4 N–H and O–H groups in total.